The van der Waals surface area contributed by atoms with E-state index in [9.17, 15) is 14.7 Å². The molecule has 102 valence electrons. The Bertz CT molecular complexity index is 341. The smallest absolute Gasteiger partial charge is 0.311 e. The monoisotopic (exact) mass is 271 g/mol. The third kappa shape index (κ3) is 2.51. The predicted octanol–water partition coefficient (Wildman–Crippen LogP) is 1.99. The molecule has 0 aromatic rings. The van der Waals surface area contributed by atoms with Gasteiger partial charge in [-0.1, -0.05) is 13.3 Å². The lowest BCUT2D eigenvalue weighted by Gasteiger charge is -2.27. The molecule has 4 nitrogen and oxygen atoms in total. The molecule has 2 unspecified atom stereocenters. The number of thioether (sulfide) groups is 1. The van der Waals surface area contributed by atoms with Crippen LogP contribution in [0.25, 0.3) is 0 Å². The minimum Gasteiger partial charge on any atom is -0.481 e. The molecule has 18 heavy (non-hydrogen) atoms. The Morgan fingerprint density at radius 1 is 1.44 bits per heavy atom. The molecule has 2 rings (SSSR count). The molecule has 2 aliphatic heterocycles. The summed E-state index contributed by atoms with van der Waals surface area (Å²) in [5, 5.41) is 9.40. The van der Waals surface area contributed by atoms with Gasteiger partial charge in [-0.05, 0) is 31.4 Å². The molecule has 0 aromatic heterocycles. The van der Waals surface area contributed by atoms with E-state index in [1.807, 2.05) is 6.92 Å². The van der Waals surface area contributed by atoms with Gasteiger partial charge >= 0.3 is 5.97 Å². The zero-order valence-corrected chi connectivity index (χ0v) is 11.7. The zero-order valence-electron chi connectivity index (χ0n) is 10.9. The van der Waals surface area contributed by atoms with Crippen molar-refractivity contribution in [2.24, 2.45) is 5.41 Å². The van der Waals surface area contributed by atoms with E-state index in [1.165, 1.54) is 6.42 Å². The van der Waals surface area contributed by atoms with Gasteiger partial charge in [-0.25, -0.2) is 0 Å². The number of hydrogen-bond acceptors (Lipinski definition) is 3. The summed E-state index contributed by atoms with van der Waals surface area (Å²) < 4.78 is 0. The average Bonchev–Trinajstić information content (AvgIpc) is 2.84. The molecular formula is C13H21NO3S. The summed E-state index contributed by atoms with van der Waals surface area (Å²) >= 11 is 1.74. The van der Waals surface area contributed by atoms with Gasteiger partial charge in [0.2, 0.25) is 5.91 Å². The minimum atomic E-state index is -0.753. The van der Waals surface area contributed by atoms with Gasteiger partial charge in [0.15, 0.2) is 0 Å². The Labute approximate surface area is 112 Å². The Morgan fingerprint density at radius 2 is 2.22 bits per heavy atom. The number of likely N-dealkylation sites (tertiary alicyclic amines) is 1. The molecular weight excluding hydrogens is 250 g/mol. The van der Waals surface area contributed by atoms with Crippen molar-refractivity contribution in [2.75, 3.05) is 18.8 Å². The van der Waals surface area contributed by atoms with Crippen LogP contribution in [0.4, 0.5) is 0 Å². The SMILES string of the molecule is CCC1(C(=O)O)CCN(C(=O)C2CCCCS2)C1. The Balaban J connectivity index is 1.99. The number of carboxylic acid groups (broad SMARTS) is 1. The molecule has 2 aliphatic rings. The molecule has 0 spiro atoms. The fourth-order valence-corrected chi connectivity index (χ4v) is 4.09. The van der Waals surface area contributed by atoms with Crippen molar-refractivity contribution in [1.82, 2.24) is 4.90 Å². The first-order chi connectivity index (χ1) is 8.59. The molecule has 2 saturated heterocycles. The van der Waals surface area contributed by atoms with Crippen LogP contribution in [0.3, 0.4) is 0 Å². The maximum atomic E-state index is 12.3. The maximum Gasteiger partial charge on any atom is 0.311 e. The number of rotatable bonds is 3. The van der Waals surface area contributed by atoms with E-state index in [2.05, 4.69) is 0 Å². The van der Waals surface area contributed by atoms with Crippen molar-refractivity contribution in [3.05, 3.63) is 0 Å². The van der Waals surface area contributed by atoms with Crippen molar-refractivity contribution < 1.29 is 14.7 Å². The standard InChI is InChI=1S/C13H21NO3S/c1-2-13(12(16)17)6-7-14(9-13)11(15)10-5-3-4-8-18-10/h10H,2-9H2,1H3,(H,16,17). The van der Waals surface area contributed by atoms with Crippen LogP contribution in [0.5, 0.6) is 0 Å². The molecule has 2 atom stereocenters. The van der Waals surface area contributed by atoms with Crippen LogP contribution < -0.4 is 0 Å². The number of carboxylic acids is 1. The first-order valence-electron chi connectivity index (χ1n) is 6.73. The summed E-state index contributed by atoms with van der Waals surface area (Å²) in [6, 6.07) is 0. The molecule has 0 bridgehead atoms. The lowest BCUT2D eigenvalue weighted by Crippen LogP contribution is -2.40. The highest BCUT2D eigenvalue weighted by molar-refractivity contribution is 8.00. The second-order valence-electron chi connectivity index (χ2n) is 5.30. The van der Waals surface area contributed by atoms with Crippen molar-refractivity contribution in [3.8, 4) is 0 Å². The number of carbonyl (C=O) groups is 2. The van der Waals surface area contributed by atoms with Crippen molar-refractivity contribution in [3.63, 3.8) is 0 Å². The van der Waals surface area contributed by atoms with E-state index in [1.54, 1.807) is 16.7 Å². The maximum absolute atomic E-state index is 12.3. The summed E-state index contributed by atoms with van der Waals surface area (Å²) in [5.74, 6) is 0.468. The van der Waals surface area contributed by atoms with Gasteiger partial charge in [0.05, 0.1) is 10.7 Å². The third-order valence-electron chi connectivity index (χ3n) is 4.25. The number of carbonyl (C=O) groups excluding carboxylic acids is 1. The van der Waals surface area contributed by atoms with Crippen LogP contribution >= 0.6 is 11.8 Å². The predicted molar refractivity (Wildman–Crippen MR) is 71.7 cm³/mol. The number of nitrogens with zero attached hydrogens (tertiary/aromatic N) is 1. The first kappa shape index (κ1) is 13.7. The van der Waals surface area contributed by atoms with Crippen molar-refractivity contribution in [2.45, 2.75) is 44.3 Å². The van der Waals surface area contributed by atoms with E-state index in [-0.39, 0.29) is 11.2 Å². The van der Waals surface area contributed by atoms with E-state index < -0.39 is 11.4 Å². The van der Waals surface area contributed by atoms with E-state index in [4.69, 9.17) is 0 Å². The first-order valence-corrected chi connectivity index (χ1v) is 7.78. The molecule has 2 heterocycles. The van der Waals surface area contributed by atoms with Gasteiger partial charge in [0.1, 0.15) is 0 Å². The molecule has 1 amide bonds. The van der Waals surface area contributed by atoms with E-state index in [0.717, 1.165) is 18.6 Å². The second-order valence-corrected chi connectivity index (χ2v) is 6.61. The summed E-state index contributed by atoms with van der Waals surface area (Å²) in [6.45, 7) is 2.90. The van der Waals surface area contributed by atoms with Crippen LogP contribution in [0.1, 0.15) is 39.0 Å². The average molecular weight is 271 g/mol. The summed E-state index contributed by atoms with van der Waals surface area (Å²) in [6.07, 6.45) is 4.47. The highest BCUT2D eigenvalue weighted by Gasteiger charge is 2.45. The van der Waals surface area contributed by atoms with Gasteiger partial charge in [-0.15, -0.1) is 11.8 Å². The molecule has 0 aliphatic carbocycles. The van der Waals surface area contributed by atoms with Gasteiger partial charge in [0, 0.05) is 13.1 Å². The Morgan fingerprint density at radius 3 is 2.72 bits per heavy atom. The van der Waals surface area contributed by atoms with Gasteiger partial charge in [0.25, 0.3) is 0 Å². The van der Waals surface area contributed by atoms with Crippen LogP contribution in [-0.2, 0) is 9.59 Å². The zero-order chi connectivity index (χ0) is 13.2. The molecule has 0 aromatic carbocycles. The molecule has 0 radical (unpaired) electrons. The molecule has 5 heteroatoms. The summed E-state index contributed by atoms with van der Waals surface area (Å²) in [4.78, 5) is 25.5. The van der Waals surface area contributed by atoms with Crippen molar-refractivity contribution >= 4 is 23.6 Å². The molecule has 1 N–H and O–H groups in total. The topological polar surface area (TPSA) is 57.6 Å². The fraction of sp³-hybridized carbons (Fsp3) is 0.846. The quantitative estimate of drug-likeness (QED) is 0.853. The fourth-order valence-electron chi connectivity index (χ4n) is 2.81. The summed E-state index contributed by atoms with van der Waals surface area (Å²) in [5.41, 5.74) is -0.699. The van der Waals surface area contributed by atoms with Crippen LogP contribution in [0.15, 0.2) is 0 Å². The van der Waals surface area contributed by atoms with Crippen LogP contribution in [-0.4, -0.2) is 46.0 Å². The normalized spacial score (nSPS) is 32.5. The third-order valence-corrected chi connectivity index (χ3v) is 5.62. The number of aliphatic carboxylic acids is 1. The van der Waals surface area contributed by atoms with Crippen LogP contribution in [0, 0.1) is 5.41 Å². The van der Waals surface area contributed by atoms with Crippen molar-refractivity contribution in [1.29, 1.82) is 0 Å². The highest BCUT2D eigenvalue weighted by Crippen LogP contribution is 2.36. The van der Waals surface area contributed by atoms with Gasteiger partial charge in [-0.3, -0.25) is 9.59 Å². The highest BCUT2D eigenvalue weighted by atomic mass is 32.2. The molecule has 2 fully saturated rings. The van der Waals surface area contributed by atoms with Crippen LogP contribution in [0.2, 0.25) is 0 Å². The minimum absolute atomic E-state index is 0.0696. The lowest BCUT2D eigenvalue weighted by atomic mass is 9.84. The van der Waals surface area contributed by atoms with Gasteiger partial charge < -0.3 is 10.0 Å². The second kappa shape index (κ2) is 5.51. The van der Waals surface area contributed by atoms with E-state index >= 15 is 0 Å². The Kier molecular flexibility index (Phi) is 4.20. The van der Waals surface area contributed by atoms with E-state index in [0.29, 0.717) is 25.9 Å². The Hall–Kier alpha value is -0.710. The van der Waals surface area contributed by atoms with Gasteiger partial charge in [-0.2, -0.15) is 0 Å². The largest absolute Gasteiger partial charge is 0.481 e. The lowest BCUT2D eigenvalue weighted by molar-refractivity contribution is -0.148. The number of amides is 1. The summed E-state index contributed by atoms with van der Waals surface area (Å²) in [7, 11) is 0. The molecule has 0 saturated carbocycles. The number of hydrogen-bond donors (Lipinski definition) is 1.